The molecule has 0 bridgehead atoms. The lowest BCUT2D eigenvalue weighted by Crippen LogP contribution is -2.58. The predicted molar refractivity (Wildman–Crippen MR) is 110 cm³/mol. The predicted octanol–water partition coefficient (Wildman–Crippen LogP) is 1.38. The summed E-state index contributed by atoms with van der Waals surface area (Å²) in [7, 11) is 0. The number of rotatable bonds is 3. The van der Waals surface area contributed by atoms with E-state index in [4.69, 9.17) is 0 Å². The number of fused-ring (bicyclic) bond motifs is 1. The fourth-order valence-electron chi connectivity index (χ4n) is 4.31. The van der Waals surface area contributed by atoms with Gasteiger partial charge in [0.15, 0.2) is 0 Å². The van der Waals surface area contributed by atoms with Gasteiger partial charge in [-0.15, -0.1) is 0 Å². The van der Waals surface area contributed by atoms with Crippen molar-refractivity contribution >= 4 is 22.7 Å². The molecule has 30 heavy (non-hydrogen) atoms. The Morgan fingerprint density at radius 3 is 2.63 bits per heavy atom. The highest BCUT2D eigenvalue weighted by molar-refractivity contribution is 6.06. The van der Waals surface area contributed by atoms with Gasteiger partial charge in [0.1, 0.15) is 6.33 Å². The highest BCUT2D eigenvalue weighted by Crippen LogP contribution is 2.45. The average molecular weight is 403 g/mol. The Bertz CT molecular complexity index is 1190. The first-order valence-corrected chi connectivity index (χ1v) is 10.0. The lowest BCUT2D eigenvalue weighted by molar-refractivity contribution is -0.133. The number of carbonyl (C=O) groups excluding carboxylic acids is 2. The number of nitrogens with one attached hydrogen (secondary N) is 1. The third kappa shape index (κ3) is 3.24. The molecule has 1 saturated carbocycles. The van der Waals surface area contributed by atoms with Gasteiger partial charge in [0.25, 0.3) is 5.91 Å². The number of benzene rings is 1. The summed E-state index contributed by atoms with van der Waals surface area (Å²) >= 11 is 0. The standard InChI is InChI=1S/C22H21N5O3/c28-19-10-17(16-3-1-2-4-18(16)25-19)21(30)27-8-7-26(13-22(27)5-6-22)20(29)9-15-11-23-14-24-12-15/h1-4,10-12,14H,5-9,13H2,(H,25,28). The zero-order chi connectivity index (χ0) is 20.7. The van der Waals surface area contributed by atoms with E-state index in [1.807, 2.05) is 28.0 Å². The zero-order valence-corrected chi connectivity index (χ0v) is 16.4. The lowest BCUT2D eigenvalue weighted by Gasteiger charge is -2.42. The van der Waals surface area contributed by atoms with Gasteiger partial charge in [0, 0.05) is 49.0 Å². The van der Waals surface area contributed by atoms with Gasteiger partial charge in [-0.25, -0.2) is 9.97 Å². The minimum Gasteiger partial charge on any atom is -0.338 e. The Kier molecular flexibility index (Phi) is 4.34. The zero-order valence-electron chi connectivity index (χ0n) is 16.4. The van der Waals surface area contributed by atoms with Crippen molar-refractivity contribution in [2.75, 3.05) is 19.6 Å². The van der Waals surface area contributed by atoms with Crippen LogP contribution in [0.5, 0.6) is 0 Å². The van der Waals surface area contributed by atoms with Crippen LogP contribution in [-0.4, -0.2) is 61.7 Å². The SMILES string of the molecule is O=C(Cc1cncnc1)N1CCN(C(=O)c2cc(=O)[nH]c3ccccc23)C2(CC2)C1. The Hall–Kier alpha value is -3.55. The number of carbonyl (C=O) groups is 2. The smallest absolute Gasteiger partial charge is 0.255 e. The van der Waals surface area contributed by atoms with Gasteiger partial charge in [0.05, 0.1) is 17.5 Å². The summed E-state index contributed by atoms with van der Waals surface area (Å²) in [4.78, 5) is 52.7. The second-order valence-electron chi connectivity index (χ2n) is 8.01. The van der Waals surface area contributed by atoms with Crippen LogP contribution in [0, 0.1) is 0 Å². The van der Waals surface area contributed by atoms with Crippen molar-refractivity contribution in [3.05, 3.63) is 70.5 Å². The van der Waals surface area contributed by atoms with Crippen LogP contribution in [-0.2, 0) is 11.2 Å². The highest BCUT2D eigenvalue weighted by atomic mass is 16.2. The van der Waals surface area contributed by atoms with E-state index in [-0.39, 0.29) is 29.3 Å². The van der Waals surface area contributed by atoms with Crippen LogP contribution >= 0.6 is 0 Å². The topological polar surface area (TPSA) is 99.3 Å². The number of amides is 2. The number of para-hydroxylation sites is 1. The molecule has 8 heteroatoms. The van der Waals surface area contributed by atoms with E-state index in [0.29, 0.717) is 30.7 Å². The van der Waals surface area contributed by atoms with Crippen LogP contribution in [0.25, 0.3) is 10.9 Å². The van der Waals surface area contributed by atoms with Gasteiger partial charge >= 0.3 is 0 Å². The van der Waals surface area contributed by atoms with E-state index in [0.717, 1.165) is 23.8 Å². The summed E-state index contributed by atoms with van der Waals surface area (Å²) in [5, 5.41) is 0.737. The monoisotopic (exact) mass is 403 g/mol. The summed E-state index contributed by atoms with van der Waals surface area (Å²) in [6.07, 6.45) is 6.71. The van der Waals surface area contributed by atoms with Crippen LogP contribution < -0.4 is 5.56 Å². The maximum absolute atomic E-state index is 13.4. The van der Waals surface area contributed by atoms with Gasteiger partial charge < -0.3 is 14.8 Å². The van der Waals surface area contributed by atoms with Crippen molar-refractivity contribution in [3.8, 4) is 0 Å². The van der Waals surface area contributed by atoms with Gasteiger partial charge in [-0.05, 0) is 24.5 Å². The molecule has 2 amide bonds. The first-order valence-electron chi connectivity index (χ1n) is 10.0. The number of piperazine rings is 1. The summed E-state index contributed by atoms with van der Waals surface area (Å²) in [6, 6.07) is 8.71. The molecule has 1 spiro atoms. The third-order valence-electron chi connectivity index (χ3n) is 6.03. The van der Waals surface area contributed by atoms with Crippen LogP contribution in [0.15, 0.2) is 53.8 Å². The molecule has 3 aromatic rings. The van der Waals surface area contributed by atoms with Crippen molar-refractivity contribution < 1.29 is 9.59 Å². The number of aromatic nitrogens is 3. The lowest BCUT2D eigenvalue weighted by atomic mass is 10.0. The van der Waals surface area contributed by atoms with Crippen LogP contribution in [0.2, 0.25) is 0 Å². The molecule has 0 radical (unpaired) electrons. The van der Waals surface area contributed by atoms with E-state index >= 15 is 0 Å². The summed E-state index contributed by atoms with van der Waals surface area (Å²) < 4.78 is 0. The number of hydrogen-bond donors (Lipinski definition) is 1. The fourth-order valence-corrected chi connectivity index (χ4v) is 4.31. The summed E-state index contributed by atoms with van der Waals surface area (Å²) in [5.74, 6) is -0.122. The number of aromatic amines is 1. The molecule has 1 aromatic carbocycles. The average Bonchev–Trinajstić information content (AvgIpc) is 3.52. The maximum Gasteiger partial charge on any atom is 0.255 e. The van der Waals surface area contributed by atoms with Crippen molar-refractivity contribution in [2.24, 2.45) is 0 Å². The number of hydrogen-bond acceptors (Lipinski definition) is 5. The van der Waals surface area contributed by atoms with Gasteiger partial charge in [-0.3, -0.25) is 14.4 Å². The molecule has 1 saturated heterocycles. The van der Waals surface area contributed by atoms with Gasteiger partial charge in [-0.1, -0.05) is 18.2 Å². The van der Waals surface area contributed by atoms with E-state index in [9.17, 15) is 14.4 Å². The molecule has 8 nitrogen and oxygen atoms in total. The number of pyridine rings is 1. The highest BCUT2D eigenvalue weighted by Gasteiger charge is 2.54. The van der Waals surface area contributed by atoms with E-state index in [1.54, 1.807) is 18.5 Å². The second-order valence-corrected chi connectivity index (χ2v) is 8.01. The van der Waals surface area contributed by atoms with Crippen molar-refractivity contribution in [3.63, 3.8) is 0 Å². The van der Waals surface area contributed by atoms with Crippen molar-refractivity contribution in [1.29, 1.82) is 0 Å². The van der Waals surface area contributed by atoms with Crippen LogP contribution in [0.3, 0.4) is 0 Å². The molecule has 0 unspecified atom stereocenters. The molecule has 1 aliphatic carbocycles. The third-order valence-corrected chi connectivity index (χ3v) is 6.03. The van der Waals surface area contributed by atoms with Gasteiger partial charge in [0.2, 0.25) is 11.5 Å². The Morgan fingerprint density at radius 1 is 1.10 bits per heavy atom. The first-order chi connectivity index (χ1) is 14.6. The number of H-pyrrole nitrogens is 1. The van der Waals surface area contributed by atoms with Crippen molar-refractivity contribution in [2.45, 2.75) is 24.8 Å². The molecule has 152 valence electrons. The van der Waals surface area contributed by atoms with Crippen LogP contribution in [0.4, 0.5) is 0 Å². The summed E-state index contributed by atoms with van der Waals surface area (Å²) in [6.45, 7) is 1.45. The molecular weight excluding hydrogens is 382 g/mol. The Morgan fingerprint density at radius 2 is 1.87 bits per heavy atom. The first kappa shape index (κ1) is 18.5. The second kappa shape index (κ2) is 7.05. The molecule has 3 heterocycles. The molecule has 2 fully saturated rings. The van der Waals surface area contributed by atoms with Crippen LogP contribution in [0.1, 0.15) is 28.8 Å². The Labute approximate surface area is 172 Å². The summed E-state index contributed by atoms with van der Waals surface area (Å²) in [5.41, 5.74) is 1.22. The van der Waals surface area contributed by atoms with Gasteiger partial charge in [-0.2, -0.15) is 0 Å². The normalized spacial score (nSPS) is 17.3. The molecule has 5 rings (SSSR count). The van der Waals surface area contributed by atoms with E-state index in [2.05, 4.69) is 15.0 Å². The number of nitrogens with zero attached hydrogens (tertiary/aromatic N) is 4. The molecule has 2 aliphatic rings. The largest absolute Gasteiger partial charge is 0.338 e. The molecule has 1 N–H and O–H groups in total. The van der Waals surface area contributed by atoms with Crippen molar-refractivity contribution in [1.82, 2.24) is 24.8 Å². The fraction of sp³-hybridized carbons (Fsp3) is 0.318. The molecule has 2 aromatic heterocycles. The molecule has 0 atom stereocenters. The quantitative estimate of drug-likeness (QED) is 0.712. The molecular formula is C22H21N5O3. The van der Waals surface area contributed by atoms with E-state index in [1.165, 1.54) is 12.4 Å². The minimum absolute atomic E-state index is 0.0183. The molecule has 1 aliphatic heterocycles. The minimum atomic E-state index is -0.331. The Balaban J connectivity index is 1.37. The maximum atomic E-state index is 13.4. The van der Waals surface area contributed by atoms with E-state index < -0.39 is 0 Å².